The van der Waals surface area contributed by atoms with E-state index < -0.39 is 0 Å². The normalized spacial score (nSPS) is 8.94. The molecule has 2 rings (SSSR count). The predicted molar refractivity (Wildman–Crippen MR) is 61.0 cm³/mol. The minimum absolute atomic E-state index is 0. The summed E-state index contributed by atoms with van der Waals surface area (Å²) >= 11 is 1.22. The molecule has 2 aromatic rings. The molecule has 0 saturated heterocycles. The van der Waals surface area contributed by atoms with Gasteiger partial charge in [0, 0.05) is 6.20 Å². The van der Waals surface area contributed by atoms with E-state index in [4.69, 9.17) is 4.74 Å². The minimum atomic E-state index is 0. The van der Waals surface area contributed by atoms with Crippen molar-refractivity contribution in [3.05, 3.63) is 23.6 Å². The van der Waals surface area contributed by atoms with Crippen molar-refractivity contribution in [2.45, 2.75) is 6.92 Å². The molecule has 18 heavy (non-hydrogen) atoms. The molecule has 0 aromatic carbocycles. The fraction of sp³-hybridized carbons (Fsp3) is 0.200. The van der Waals surface area contributed by atoms with E-state index in [-0.39, 0.29) is 56.9 Å². The molecule has 2 aromatic heterocycles. The molecule has 2 heterocycles. The number of rotatable bonds is 4. The first-order valence-electron chi connectivity index (χ1n) is 4.62. The molecule has 0 atom stereocenters. The van der Waals surface area contributed by atoms with Crippen molar-refractivity contribution in [2.24, 2.45) is 0 Å². The first-order valence-corrected chi connectivity index (χ1v) is 5.44. The Labute approximate surface area is 151 Å². The summed E-state index contributed by atoms with van der Waals surface area (Å²) < 4.78 is 5.23. The van der Waals surface area contributed by atoms with Crippen LogP contribution in [0.1, 0.15) is 11.9 Å². The number of aromatic nitrogens is 3. The molecule has 0 unspecified atom stereocenters. The van der Waals surface area contributed by atoms with Gasteiger partial charge in [0.1, 0.15) is 5.69 Å². The van der Waals surface area contributed by atoms with E-state index >= 15 is 0 Å². The Hall–Kier alpha value is -0.224. The van der Waals surface area contributed by atoms with Crippen LogP contribution in [0.2, 0.25) is 0 Å². The van der Waals surface area contributed by atoms with E-state index in [0.717, 1.165) is 4.88 Å². The summed E-state index contributed by atoms with van der Waals surface area (Å²) in [6, 6.07) is 0. The summed E-state index contributed by atoms with van der Waals surface area (Å²) in [6.45, 7) is 2.41. The van der Waals surface area contributed by atoms with Crippen molar-refractivity contribution in [2.75, 3.05) is 6.61 Å². The average molecular weight is 290 g/mol. The summed E-state index contributed by atoms with van der Waals surface area (Å²) in [5, 5.41) is 0.304. The van der Waals surface area contributed by atoms with E-state index in [9.17, 15) is 4.79 Å². The van der Waals surface area contributed by atoms with Crippen LogP contribution < -0.4 is 56.1 Å². The third-order valence-electron chi connectivity index (χ3n) is 1.75. The first kappa shape index (κ1) is 17.8. The predicted octanol–water partition coefficient (Wildman–Crippen LogP) is -1.72. The molecule has 0 radical (unpaired) electrons. The molecule has 90 valence electrons. The second-order valence-electron chi connectivity index (χ2n) is 2.81. The Morgan fingerprint density at radius 2 is 2.17 bits per heavy atom. The monoisotopic (exact) mass is 290 g/mol. The van der Waals surface area contributed by atoms with E-state index in [1.54, 1.807) is 24.9 Å². The van der Waals surface area contributed by atoms with Gasteiger partial charge in [-0.3, -0.25) is 9.97 Å². The molecule has 6 nitrogen and oxygen atoms in total. The van der Waals surface area contributed by atoms with Gasteiger partial charge in [0.05, 0.1) is 23.9 Å². The fourth-order valence-electron chi connectivity index (χ4n) is 1.12. The van der Waals surface area contributed by atoms with Gasteiger partial charge >= 0.3 is 51.4 Å². The number of carbonyl (C=O) groups excluding carboxylic acids is 1. The Balaban J connectivity index is 0.00000144. The first-order chi connectivity index (χ1) is 7.83. The van der Waals surface area contributed by atoms with Gasteiger partial charge in [-0.1, -0.05) is 0 Å². The maximum absolute atomic E-state index is 10.4. The van der Waals surface area contributed by atoms with Crippen molar-refractivity contribution in [3.63, 3.8) is 0 Å². The van der Waals surface area contributed by atoms with Gasteiger partial charge in [-0.05, 0) is 11.9 Å². The van der Waals surface area contributed by atoms with Crippen LogP contribution in [0.5, 0.6) is 5.88 Å². The summed E-state index contributed by atoms with van der Waals surface area (Å²) in [4.78, 5) is 23.3. The second kappa shape index (κ2) is 8.81. The van der Waals surface area contributed by atoms with Gasteiger partial charge in [0.25, 0.3) is 0 Å². The Morgan fingerprint density at radius 3 is 2.78 bits per heavy atom. The van der Waals surface area contributed by atoms with E-state index in [1.807, 2.05) is 6.92 Å². The second-order valence-corrected chi connectivity index (χ2v) is 3.84. The Bertz CT molecular complexity index is 507. The van der Waals surface area contributed by atoms with Crippen LogP contribution in [0.15, 0.2) is 18.6 Å². The summed E-state index contributed by atoms with van der Waals surface area (Å²) in [5.74, 6) is 0.463. The molecular weight excluding hydrogens is 281 g/mol. The molecule has 0 bridgehead atoms. The van der Waals surface area contributed by atoms with Crippen molar-refractivity contribution in [1.82, 2.24) is 15.0 Å². The summed E-state index contributed by atoms with van der Waals surface area (Å²) in [6.07, 6.45) is 6.45. The Morgan fingerprint density at radius 1 is 1.39 bits per heavy atom. The van der Waals surface area contributed by atoms with Crippen molar-refractivity contribution < 1.29 is 66.4 Å². The van der Waals surface area contributed by atoms with Crippen molar-refractivity contribution in [3.8, 4) is 16.5 Å². The van der Waals surface area contributed by atoms with Crippen molar-refractivity contribution in [1.29, 1.82) is 0 Å². The zero-order chi connectivity index (χ0) is 11.4. The largest absolute Gasteiger partial charge is 1.00 e. The van der Waals surface area contributed by atoms with Gasteiger partial charge in [-0.25, -0.2) is 11.3 Å². The third-order valence-corrected chi connectivity index (χ3v) is 2.67. The van der Waals surface area contributed by atoms with E-state index in [0.29, 0.717) is 23.2 Å². The SMILES string of the molecule is CCOc1cncc(-c2cnc([C-]=O)s2)n1.[K+].[OH-]. The number of nitrogens with zero attached hydrogens (tertiary/aromatic N) is 3. The third kappa shape index (κ3) is 4.46. The maximum Gasteiger partial charge on any atom is 1.00 e. The summed E-state index contributed by atoms with van der Waals surface area (Å²) in [7, 11) is 0. The van der Waals surface area contributed by atoms with Crippen LogP contribution in [0.3, 0.4) is 0 Å². The molecule has 0 aliphatic heterocycles. The average Bonchev–Trinajstić information content (AvgIpc) is 2.78. The van der Waals surface area contributed by atoms with E-state index in [1.165, 1.54) is 11.3 Å². The van der Waals surface area contributed by atoms with Crippen LogP contribution in [0.25, 0.3) is 10.6 Å². The molecule has 0 amide bonds. The molecule has 0 aliphatic rings. The van der Waals surface area contributed by atoms with Crippen LogP contribution in [-0.2, 0) is 4.79 Å². The molecule has 0 spiro atoms. The van der Waals surface area contributed by atoms with Gasteiger partial charge in [-0.15, -0.1) is 11.3 Å². The quantitative estimate of drug-likeness (QED) is 0.491. The van der Waals surface area contributed by atoms with Crippen LogP contribution in [-0.4, -0.2) is 33.3 Å². The number of hydrogen-bond acceptors (Lipinski definition) is 7. The zero-order valence-electron chi connectivity index (χ0n) is 9.95. The van der Waals surface area contributed by atoms with Gasteiger partial charge in [-0.2, -0.15) is 0 Å². The number of ether oxygens (including phenoxy) is 1. The standard InChI is InChI=1S/C10H8N3O2S.K.H2O/c1-2-15-9-5-11-3-7(13-9)8-4-12-10(6-14)16-8;;/h3-5H,2H2,1H3;;1H2/q-1;+1;/p-1. The van der Waals surface area contributed by atoms with Crippen LogP contribution >= 0.6 is 11.3 Å². The molecule has 0 aliphatic carbocycles. The molecule has 8 heteroatoms. The smallest absolute Gasteiger partial charge is 0.870 e. The van der Waals surface area contributed by atoms with Gasteiger partial charge in [0.15, 0.2) is 0 Å². The van der Waals surface area contributed by atoms with Crippen LogP contribution in [0, 0.1) is 0 Å². The van der Waals surface area contributed by atoms with Gasteiger partial charge < -0.3 is 15.0 Å². The molecule has 0 saturated carbocycles. The molecule has 1 N–H and O–H groups in total. The topological polar surface area (TPSA) is 95.0 Å². The summed E-state index contributed by atoms with van der Waals surface area (Å²) in [5.41, 5.74) is 0.643. The minimum Gasteiger partial charge on any atom is -0.870 e. The maximum atomic E-state index is 10.4. The Kier molecular flexibility index (Phi) is 8.70. The van der Waals surface area contributed by atoms with Crippen LogP contribution in [0.4, 0.5) is 0 Å². The fourth-order valence-corrected chi connectivity index (χ4v) is 1.79. The zero-order valence-corrected chi connectivity index (χ0v) is 13.9. The van der Waals surface area contributed by atoms with Crippen molar-refractivity contribution >= 4 is 17.6 Å². The molecule has 0 fully saturated rings. The number of hydrogen-bond donors (Lipinski definition) is 0. The number of thiazole rings is 1. The molecular formula is C10H9KN3O3S-. The van der Waals surface area contributed by atoms with E-state index in [2.05, 4.69) is 15.0 Å². The van der Waals surface area contributed by atoms with Gasteiger partial charge in [0.2, 0.25) is 5.88 Å².